The second kappa shape index (κ2) is 6.76. The second-order valence-electron chi connectivity index (χ2n) is 3.93. The first kappa shape index (κ1) is 13.4. The first-order valence-corrected chi connectivity index (χ1v) is 6.32. The van der Waals surface area contributed by atoms with Crippen LogP contribution >= 0.6 is 11.6 Å². The van der Waals surface area contributed by atoms with Gasteiger partial charge in [0.2, 0.25) is 0 Å². The van der Waals surface area contributed by atoms with E-state index >= 15 is 0 Å². The van der Waals surface area contributed by atoms with E-state index < -0.39 is 12.1 Å². The molecule has 2 aromatic carbocycles. The van der Waals surface area contributed by atoms with Crippen LogP contribution in [0.25, 0.3) is 0 Å². The van der Waals surface area contributed by atoms with Crippen LogP contribution in [-0.2, 0) is 9.53 Å². The van der Waals surface area contributed by atoms with Crippen molar-refractivity contribution in [3.8, 4) is 0 Å². The minimum atomic E-state index is -0.465. The third-order valence-corrected chi connectivity index (χ3v) is 2.76. The molecule has 2 rings (SSSR count). The highest BCUT2D eigenvalue weighted by Crippen LogP contribution is 2.25. The van der Waals surface area contributed by atoms with Crippen molar-refractivity contribution in [3.05, 3.63) is 83.4 Å². The lowest BCUT2D eigenvalue weighted by molar-refractivity contribution is -0.141. The molecule has 0 amide bonds. The van der Waals surface area contributed by atoms with Crippen molar-refractivity contribution >= 4 is 17.6 Å². The average molecular weight is 273 g/mol. The molecule has 0 bridgehead atoms. The Morgan fingerprint density at radius 1 is 0.947 bits per heavy atom. The largest absolute Gasteiger partial charge is 0.449 e. The van der Waals surface area contributed by atoms with Gasteiger partial charge in [0.05, 0.1) is 0 Å². The van der Waals surface area contributed by atoms with Crippen LogP contribution in [0.5, 0.6) is 0 Å². The van der Waals surface area contributed by atoms with Crippen molar-refractivity contribution in [2.24, 2.45) is 0 Å². The van der Waals surface area contributed by atoms with Crippen molar-refractivity contribution < 1.29 is 9.53 Å². The molecule has 0 unspecified atom stereocenters. The number of carbonyl (C=O) groups is 1. The quantitative estimate of drug-likeness (QED) is 0.619. The van der Waals surface area contributed by atoms with Gasteiger partial charge in [-0.3, -0.25) is 0 Å². The number of benzene rings is 2. The van der Waals surface area contributed by atoms with Crippen molar-refractivity contribution in [2.75, 3.05) is 0 Å². The molecule has 0 saturated heterocycles. The lowest BCUT2D eigenvalue weighted by Gasteiger charge is -2.17. The van der Waals surface area contributed by atoms with E-state index in [0.717, 1.165) is 16.7 Å². The second-order valence-corrected chi connectivity index (χ2v) is 4.18. The maximum Gasteiger partial charge on any atom is 0.332 e. The molecule has 0 aliphatic heterocycles. The molecule has 0 saturated carbocycles. The lowest BCUT2D eigenvalue weighted by atomic mass is 10.0. The van der Waals surface area contributed by atoms with Gasteiger partial charge in [0.1, 0.15) is 0 Å². The van der Waals surface area contributed by atoms with Crippen molar-refractivity contribution in [1.82, 2.24) is 0 Å². The lowest BCUT2D eigenvalue weighted by Crippen LogP contribution is -2.10. The van der Waals surface area contributed by atoms with E-state index in [0.29, 0.717) is 0 Å². The minimum Gasteiger partial charge on any atom is -0.449 e. The van der Waals surface area contributed by atoms with Gasteiger partial charge >= 0.3 is 5.97 Å². The van der Waals surface area contributed by atoms with E-state index in [4.69, 9.17) is 16.3 Å². The smallest absolute Gasteiger partial charge is 0.332 e. The van der Waals surface area contributed by atoms with Crippen molar-refractivity contribution in [2.45, 2.75) is 6.10 Å². The van der Waals surface area contributed by atoms with E-state index in [1.54, 1.807) is 0 Å². The molecule has 3 heteroatoms. The van der Waals surface area contributed by atoms with Gasteiger partial charge in [0.15, 0.2) is 6.10 Å². The van der Waals surface area contributed by atoms with E-state index in [2.05, 4.69) is 0 Å². The number of esters is 1. The fourth-order valence-electron chi connectivity index (χ4n) is 1.79. The van der Waals surface area contributed by atoms with E-state index in [9.17, 15) is 4.79 Å². The normalized spacial score (nSPS) is 10.8. The molecule has 0 spiro atoms. The topological polar surface area (TPSA) is 26.3 Å². The summed E-state index contributed by atoms with van der Waals surface area (Å²) in [6.07, 6.45) is 0.767. The summed E-state index contributed by atoms with van der Waals surface area (Å²) in [6, 6.07) is 19.2. The average Bonchev–Trinajstić information content (AvgIpc) is 2.47. The maximum absolute atomic E-state index is 11.6. The molecule has 0 heterocycles. The zero-order valence-electron chi connectivity index (χ0n) is 10.2. The zero-order valence-corrected chi connectivity index (χ0v) is 11.0. The summed E-state index contributed by atoms with van der Waals surface area (Å²) >= 11 is 5.39. The van der Waals surface area contributed by atoms with Crippen LogP contribution in [0.4, 0.5) is 0 Å². The van der Waals surface area contributed by atoms with E-state index in [-0.39, 0.29) is 0 Å². The Bertz CT molecular complexity index is 510. The van der Waals surface area contributed by atoms with Crippen molar-refractivity contribution in [3.63, 3.8) is 0 Å². The van der Waals surface area contributed by atoms with E-state index in [1.165, 1.54) is 6.08 Å². The molecule has 0 N–H and O–H groups in total. The maximum atomic E-state index is 11.6. The van der Waals surface area contributed by atoms with Gasteiger partial charge in [-0.05, 0) is 11.1 Å². The number of halogens is 1. The molecule has 0 fully saturated rings. The predicted octanol–water partition coefficient (Wildman–Crippen LogP) is 4.07. The molecule has 0 aliphatic rings. The van der Waals surface area contributed by atoms with Gasteiger partial charge in [-0.2, -0.15) is 0 Å². The SMILES string of the molecule is O=C(/C=C/Cl)OC(c1ccccc1)c1ccccc1. The fraction of sp³-hybridized carbons (Fsp3) is 0.0625. The molecule has 0 aromatic heterocycles. The van der Waals surface area contributed by atoms with Crippen LogP contribution in [0.2, 0.25) is 0 Å². The number of carbonyl (C=O) groups excluding carboxylic acids is 1. The summed E-state index contributed by atoms with van der Waals surface area (Å²) in [5.74, 6) is -0.465. The fourth-order valence-corrected chi connectivity index (χ4v) is 1.89. The Balaban J connectivity index is 2.32. The summed E-state index contributed by atoms with van der Waals surface area (Å²) in [5, 5.41) is 0. The Labute approximate surface area is 117 Å². The van der Waals surface area contributed by atoms with Gasteiger partial charge in [-0.25, -0.2) is 4.79 Å². The highest BCUT2D eigenvalue weighted by Gasteiger charge is 2.17. The van der Waals surface area contributed by atoms with Gasteiger partial charge in [-0.15, -0.1) is 0 Å². The zero-order chi connectivity index (χ0) is 13.5. The molecule has 0 atom stereocenters. The van der Waals surface area contributed by atoms with Crippen LogP contribution in [0.3, 0.4) is 0 Å². The summed E-state index contributed by atoms with van der Waals surface area (Å²) in [5.41, 5.74) is 2.99. The number of ether oxygens (including phenoxy) is 1. The summed E-state index contributed by atoms with van der Waals surface area (Å²) in [4.78, 5) is 11.6. The van der Waals surface area contributed by atoms with Gasteiger partial charge < -0.3 is 4.74 Å². The summed E-state index contributed by atoms with van der Waals surface area (Å²) < 4.78 is 5.45. The highest BCUT2D eigenvalue weighted by atomic mass is 35.5. The van der Waals surface area contributed by atoms with Crippen molar-refractivity contribution in [1.29, 1.82) is 0 Å². The number of hydrogen-bond donors (Lipinski definition) is 0. The van der Waals surface area contributed by atoms with Crippen LogP contribution in [0.15, 0.2) is 72.3 Å². The molecular weight excluding hydrogens is 260 g/mol. The first-order chi connectivity index (χ1) is 9.31. The van der Waals surface area contributed by atoms with Gasteiger partial charge in [0, 0.05) is 11.6 Å². The molecule has 2 aromatic rings. The molecule has 2 nitrogen and oxygen atoms in total. The summed E-state index contributed by atoms with van der Waals surface area (Å²) in [6.45, 7) is 0. The van der Waals surface area contributed by atoms with Crippen LogP contribution in [0.1, 0.15) is 17.2 Å². The number of hydrogen-bond acceptors (Lipinski definition) is 2. The molecule has 19 heavy (non-hydrogen) atoms. The Kier molecular flexibility index (Phi) is 4.76. The molecular formula is C16H13ClO2. The van der Waals surface area contributed by atoms with Crippen LogP contribution < -0.4 is 0 Å². The Morgan fingerprint density at radius 3 is 1.84 bits per heavy atom. The van der Waals surface area contributed by atoms with Crippen LogP contribution in [-0.4, -0.2) is 5.97 Å². The molecule has 0 aliphatic carbocycles. The highest BCUT2D eigenvalue weighted by molar-refractivity contribution is 6.26. The molecule has 96 valence electrons. The summed E-state index contributed by atoms with van der Waals surface area (Å²) in [7, 11) is 0. The minimum absolute atomic E-state index is 0.428. The third kappa shape index (κ3) is 3.70. The Morgan fingerprint density at radius 2 is 1.42 bits per heavy atom. The third-order valence-electron chi connectivity index (χ3n) is 2.64. The van der Waals surface area contributed by atoms with Gasteiger partial charge in [-0.1, -0.05) is 72.3 Å². The monoisotopic (exact) mass is 272 g/mol. The standard InChI is InChI=1S/C16H13ClO2/c17-12-11-15(18)19-16(13-7-3-1-4-8-13)14-9-5-2-6-10-14/h1-12,16H/b12-11+. The first-order valence-electron chi connectivity index (χ1n) is 5.88. The van der Waals surface area contributed by atoms with E-state index in [1.807, 2.05) is 60.7 Å². The Hall–Kier alpha value is -2.06. The number of rotatable bonds is 4. The molecule has 0 radical (unpaired) electrons. The predicted molar refractivity (Wildman–Crippen MR) is 75.8 cm³/mol. The van der Waals surface area contributed by atoms with Gasteiger partial charge in [0.25, 0.3) is 0 Å². The van der Waals surface area contributed by atoms with Crippen LogP contribution in [0, 0.1) is 0 Å².